The fraction of sp³-hybridized carbons (Fsp3) is 0.160. The molecule has 4 heterocycles. The Balaban J connectivity index is 0.880. The SMILES string of the molecule is CC1(C)OC2=CC3C=C4C(=CC3C=C2c2sc(C=C3C(=O)c5cc6ccccc6cc5C3=O)nc21)OC(C)(C)c1nc(C=C2C(=O)c3cc5ccccc5cc3C2=O)sc14. The van der Waals surface area contributed by atoms with E-state index < -0.39 is 11.2 Å². The molecule has 6 aliphatic rings. The van der Waals surface area contributed by atoms with Crippen LogP contribution in [-0.4, -0.2) is 33.1 Å². The summed E-state index contributed by atoms with van der Waals surface area (Å²) in [5.41, 5.74) is 3.71. The van der Waals surface area contributed by atoms with E-state index in [2.05, 4.69) is 24.3 Å². The monoisotopic (exact) mass is 820 g/mol. The molecule has 0 amide bonds. The van der Waals surface area contributed by atoms with Crippen molar-refractivity contribution in [2.24, 2.45) is 11.8 Å². The molecule has 12 rings (SSSR count). The molecule has 8 nitrogen and oxygen atoms in total. The van der Waals surface area contributed by atoms with Crippen LogP contribution in [0.15, 0.2) is 120 Å². The number of nitrogens with zero attached hydrogens (tertiary/aromatic N) is 2. The van der Waals surface area contributed by atoms with Crippen molar-refractivity contribution in [1.82, 2.24) is 9.97 Å². The number of ether oxygens (including phenoxy) is 2. The highest BCUT2D eigenvalue weighted by atomic mass is 32.1. The van der Waals surface area contributed by atoms with E-state index in [9.17, 15) is 19.2 Å². The Bertz CT molecular complexity index is 2970. The third-order valence-electron chi connectivity index (χ3n) is 12.3. The van der Waals surface area contributed by atoms with Crippen LogP contribution in [0.25, 0.3) is 44.8 Å². The highest BCUT2D eigenvalue weighted by Gasteiger charge is 2.45. The maximum absolute atomic E-state index is 13.6. The van der Waals surface area contributed by atoms with Gasteiger partial charge in [-0.1, -0.05) is 60.7 Å². The molecule has 2 atom stereocenters. The average molecular weight is 821 g/mol. The van der Waals surface area contributed by atoms with Crippen molar-refractivity contribution < 1.29 is 28.7 Å². The van der Waals surface area contributed by atoms with Gasteiger partial charge in [0.05, 0.1) is 20.9 Å². The molecule has 2 aromatic heterocycles. The van der Waals surface area contributed by atoms with Crippen molar-refractivity contribution in [1.29, 1.82) is 0 Å². The van der Waals surface area contributed by atoms with Gasteiger partial charge in [0.1, 0.15) is 44.1 Å². The third kappa shape index (κ3) is 5.01. The molecule has 0 spiro atoms. The van der Waals surface area contributed by atoms with Crippen molar-refractivity contribution in [2.75, 3.05) is 0 Å². The number of aromatic nitrogens is 2. The average Bonchev–Trinajstić information content (AvgIpc) is 3.97. The van der Waals surface area contributed by atoms with Crippen molar-refractivity contribution in [3.05, 3.63) is 173 Å². The van der Waals surface area contributed by atoms with E-state index in [4.69, 9.17) is 19.4 Å². The fourth-order valence-corrected chi connectivity index (χ4v) is 11.7. The Kier molecular flexibility index (Phi) is 7.06. The maximum atomic E-state index is 13.6. The molecule has 0 saturated carbocycles. The van der Waals surface area contributed by atoms with Crippen LogP contribution in [0.1, 0.15) is 100 Å². The lowest BCUT2D eigenvalue weighted by molar-refractivity contribution is 0.0279. The van der Waals surface area contributed by atoms with E-state index in [0.717, 1.165) is 65.4 Å². The first-order valence-corrected chi connectivity index (χ1v) is 21.4. The Hall–Kier alpha value is -6.62. The Morgan fingerprint density at radius 2 is 0.850 bits per heavy atom. The third-order valence-corrected chi connectivity index (χ3v) is 14.4. The van der Waals surface area contributed by atoms with Gasteiger partial charge in [-0.05, 0) is 97.8 Å². The van der Waals surface area contributed by atoms with Crippen molar-refractivity contribution >= 4 is 90.6 Å². The second-order valence-corrected chi connectivity index (χ2v) is 19.0. The highest BCUT2D eigenvalue weighted by molar-refractivity contribution is 7.14. The van der Waals surface area contributed by atoms with Crippen molar-refractivity contribution in [2.45, 2.75) is 38.9 Å². The number of Topliss-reactive ketones (excluding diaryl/α,β-unsaturated/α-hetero) is 4. The van der Waals surface area contributed by atoms with E-state index in [-0.39, 0.29) is 46.1 Å². The molecule has 0 N–H and O–H groups in total. The number of carbonyl (C=O) groups is 4. The van der Waals surface area contributed by atoms with Gasteiger partial charge >= 0.3 is 0 Å². The van der Waals surface area contributed by atoms with E-state index >= 15 is 0 Å². The summed E-state index contributed by atoms with van der Waals surface area (Å²) in [7, 11) is 0. The van der Waals surface area contributed by atoms with E-state index in [1.807, 2.05) is 76.2 Å². The largest absolute Gasteiger partial charge is 0.481 e. The van der Waals surface area contributed by atoms with Gasteiger partial charge in [-0.3, -0.25) is 19.2 Å². The van der Waals surface area contributed by atoms with Gasteiger partial charge in [0.2, 0.25) is 0 Å². The number of fused-ring (bicyclic) bond motifs is 11. The zero-order valence-corrected chi connectivity index (χ0v) is 34.3. The summed E-state index contributed by atoms with van der Waals surface area (Å²) in [4.78, 5) is 66.3. The summed E-state index contributed by atoms with van der Waals surface area (Å²) in [5.74, 6) is 0.229. The molecule has 6 aromatic rings. The molecule has 0 radical (unpaired) electrons. The summed E-state index contributed by atoms with van der Waals surface area (Å²) in [6, 6.07) is 22.7. The van der Waals surface area contributed by atoms with Crippen molar-refractivity contribution in [3.8, 4) is 0 Å². The van der Waals surface area contributed by atoms with Crippen LogP contribution >= 0.6 is 22.7 Å². The highest BCUT2D eigenvalue weighted by Crippen LogP contribution is 2.54. The van der Waals surface area contributed by atoms with Crippen LogP contribution in [0.2, 0.25) is 0 Å². The first-order valence-electron chi connectivity index (χ1n) is 19.8. The molecular formula is C50H32N2O6S2. The first kappa shape index (κ1) is 35.3. The van der Waals surface area contributed by atoms with E-state index in [0.29, 0.717) is 32.3 Å². The number of hydrogen-bond donors (Lipinski definition) is 0. The van der Waals surface area contributed by atoms with Gasteiger partial charge in [0.15, 0.2) is 23.1 Å². The van der Waals surface area contributed by atoms with E-state index in [1.54, 1.807) is 36.4 Å². The predicted molar refractivity (Wildman–Crippen MR) is 233 cm³/mol. The minimum atomic E-state index is -0.779. The summed E-state index contributed by atoms with van der Waals surface area (Å²) < 4.78 is 13.4. The summed E-state index contributed by atoms with van der Waals surface area (Å²) in [6.45, 7) is 7.92. The summed E-state index contributed by atoms with van der Waals surface area (Å²) in [6.07, 6.45) is 12.0. The van der Waals surface area contributed by atoms with Crippen LogP contribution in [-0.2, 0) is 20.7 Å². The quantitative estimate of drug-likeness (QED) is 0.125. The number of thiazole rings is 2. The van der Waals surface area contributed by atoms with Crippen LogP contribution in [0.4, 0.5) is 0 Å². The first-order chi connectivity index (χ1) is 28.8. The molecule has 0 bridgehead atoms. The molecule has 2 aliphatic heterocycles. The topological polar surface area (TPSA) is 113 Å². The molecule has 290 valence electrons. The molecule has 2 unspecified atom stereocenters. The second-order valence-electron chi connectivity index (χ2n) is 17.0. The Morgan fingerprint density at radius 3 is 1.18 bits per heavy atom. The van der Waals surface area contributed by atoms with E-state index in [1.165, 1.54) is 22.7 Å². The van der Waals surface area contributed by atoms with Gasteiger partial charge in [0, 0.05) is 45.2 Å². The lowest BCUT2D eigenvalue weighted by atomic mass is 9.77. The van der Waals surface area contributed by atoms with Crippen LogP contribution in [0, 0.1) is 11.8 Å². The summed E-state index contributed by atoms with van der Waals surface area (Å²) in [5, 5.41) is 4.79. The minimum absolute atomic E-state index is 0.0553. The van der Waals surface area contributed by atoms with Gasteiger partial charge < -0.3 is 9.47 Å². The molecule has 4 aromatic carbocycles. The lowest BCUT2D eigenvalue weighted by Gasteiger charge is -2.40. The van der Waals surface area contributed by atoms with Crippen molar-refractivity contribution in [3.63, 3.8) is 0 Å². The fourth-order valence-electron chi connectivity index (χ4n) is 9.32. The zero-order chi connectivity index (χ0) is 41.0. The lowest BCUT2D eigenvalue weighted by Crippen LogP contribution is -2.32. The molecule has 60 heavy (non-hydrogen) atoms. The van der Waals surface area contributed by atoms with Gasteiger partial charge in [0.25, 0.3) is 0 Å². The summed E-state index contributed by atoms with van der Waals surface area (Å²) >= 11 is 2.90. The number of benzene rings is 4. The molecule has 0 saturated heterocycles. The number of rotatable bonds is 2. The number of ketones is 4. The number of carbonyl (C=O) groups excluding carboxylic acids is 4. The zero-order valence-electron chi connectivity index (χ0n) is 32.7. The Morgan fingerprint density at radius 1 is 0.517 bits per heavy atom. The molecule has 4 aliphatic carbocycles. The number of allylic oxidation sites excluding steroid dienone is 8. The second kappa shape index (κ2) is 12.0. The van der Waals surface area contributed by atoms with Gasteiger partial charge in [-0.15, -0.1) is 22.7 Å². The van der Waals surface area contributed by atoms with Crippen LogP contribution in [0.5, 0.6) is 0 Å². The maximum Gasteiger partial charge on any atom is 0.197 e. The number of hydrogen-bond acceptors (Lipinski definition) is 10. The van der Waals surface area contributed by atoms with Gasteiger partial charge in [-0.2, -0.15) is 0 Å². The standard InChI is InChI=1S/C50H32N2O6S2/c1-49(2)47-45(59-39(51-47)21-35-41(53)29-13-23-9-5-6-10-24(23)14-30(29)42(35)54)33-17-28-20-38-34(18-27(28)19-37(33)57-49)46-48(50(3,4)58-38)52-40(60-46)22-36-43(55)31-15-25-11-7-8-12-26(25)16-32(31)44(36)56/h5-22,27-28H,1-4H3. The normalized spacial score (nSPS) is 21.3. The molecule has 0 fully saturated rings. The van der Waals surface area contributed by atoms with Gasteiger partial charge in [-0.25, -0.2) is 9.97 Å². The minimum Gasteiger partial charge on any atom is -0.481 e. The molecular weight excluding hydrogens is 789 g/mol. The van der Waals surface area contributed by atoms with Crippen LogP contribution in [0.3, 0.4) is 0 Å². The van der Waals surface area contributed by atoms with Crippen LogP contribution < -0.4 is 0 Å². The Labute approximate surface area is 351 Å². The molecule has 10 heteroatoms. The predicted octanol–water partition coefficient (Wildman–Crippen LogP) is 10.9. The smallest absolute Gasteiger partial charge is 0.197 e.